The van der Waals surface area contributed by atoms with E-state index in [0.29, 0.717) is 5.56 Å². The van der Waals surface area contributed by atoms with Gasteiger partial charge in [-0.1, -0.05) is 11.6 Å². The van der Waals surface area contributed by atoms with Crippen LogP contribution in [0.15, 0.2) is 35.1 Å². The van der Waals surface area contributed by atoms with Crippen LogP contribution in [0.5, 0.6) is 5.75 Å². The van der Waals surface area contributed by atoms with E-state index in [1.807, 2.05) is 6.07 Å². The smallest absolute Gasteiger partial charge is 0.364 e. The van der Waals surface area contributed by atoms with Gasteiger partial charge >= 0.3 is 5.97 Å². The molecule has 0 N–H and O–H groups in total. The minimum Gasteiger partial charge on any atom is -0.420 e. The summed E-state index contributed by atoms with van der Waals surface area (Å²) in [6.07, 6.45) is 0. The summed E-state index contributed by atoms with van der Waals surface area (Å²) in [5.74, 6) is -0.658. The van der Waals surface area contributed by atoms with E-state index in [0.717, 1.165) is 4.68 Å². The molecular formula is C15H12ClN3O4. The van der Waals surface area contributed by atoms with Crippen molar-refractivity contribution in [3.8, 4) is 11.8 Å². The van der Waals surface area contributed by atoms with Gasteiger partial charge in [0.1, 0.15) is 5.75 Å². The van der Waals surface area contributed by atoms with Crippen molar-refractivity contribution in [3.05, 3.63) is 57.0 Å². The van der Waals surface area contributed by atoms with Gasteiger partial charge in [-0.05, 0) is 24.3 Å². The van der Waals surface area contributed by atoms with E-state index < -0.39 is 5.97 Å². The maximum atomic E-state index is 12.1. The Labute approximate surface area is 136 Å². The molecule has 0 aliphatic rings. The van der Waals surface area contributed by atoms with Gasteiger partial charge in [-0.2, -0.15) is 10.4 Å². The second-order valence-electron chi connectivity index (χ2n) is 4.42. The monoisotopic (exact) mass is 333 g/mol. The van der Waals surface area contributed by atoms with Crippen LogP contribution in [0.2, 0.25) is 5.02 Å². The molecule has 0 aliphatic heterocycles. The number of carbonyl (C=O) groups is 1. The number of rotatable bonds is 5. The van der Waals surface area contributed by atoms with Crippen LogP contribution in [0.25, 0.3) is 0 Å². The molecular weight excluding hydrogens is 322 g/mol. The van der Waals surface area contributed by atoms with Crippen molar-refractivity contribution in [3.63, 3.8) is 0 Å². The molecule has 0 spiro atoms. The van der Waals surface area contributed by atoms with Gasteiger partial charge in [-0.25, -0.2) is 9.48 Å². The van der Waals surface area contributed by atoms with Gasteiger partial charge in [-0.15, -0.1) is 0 Å². The molecule has 0 saturated heterocycles. The summed E-state index contributed by atoms with van der Waals surface area (Å²) >= 11 is 5.94. The molecule has 1 aromatic heterocycles. The number of hydrogen-bond acceptors (Lipinski definition) is 6. The minimum atomic E-state index is -0.761. The van der Waals surface area contributed by atoms with E-state index in [1.165, 1.54) is 37.4 Å². The lowest BCUT2D eigenvalue weighted by molar-refractivity contribution is 0.0724. The van der Waals surface area contributed by atoms with E-state index in [-0.39, 0.29) is 35.2 Å². The molecule has 23 heavy (non-hydrogen) atoms. The number of aromatic nitrogens is 2. The summed E-state index contributed by atoms with van der Waals surface area (Å²) < 4.78 is 11.1. The molecule has 0 radical (unpaired) electrons. The number of halogens is 1. The molecule has 118 valence electrons. The van der Waals surface area contributed by atoms with Crippen molar-refractivity contribution < 1.29 is 14.3 Å². The maximum Gasteiger partial charge on any atom is 0.364 e. The van der Waals surface area contributed by atoms with Crippen molar-refractivity contribution >= 4 is 17.6 Å². The summed E-state index contributed by atoms with van der Waals surface area (Å²) in [4.78, 5) is 23.7. The van der Waals surface area contributed by atoms with Crippen LogP contribution in [-0.2, 0) is 11.3 Å². The van der Waals surface area contributed by atoms with Crippen molar-refractivity contribution in [1.82, 2.24) is 9.78 Å². The number of ether oxygens (including phenoxy) is 2. The number of esters is 1. The Kier molecular flexibility index (Phi) is 5.46. The number of methoxy groups -OCH3 is 1. The van der Waals surface area contributed by atoms with Gasteiger partial charge in [0, 0.05) is 13.2 Å². The summed E-state index contributed by atoms with van der Waals surface area (Å²) in [5.41, 5.74) is -0.0443. The quantitative estimate of drug-likeness (QED) is 0.609. The van der Waals surface area contributed by atoms with Crippen LogP contribution in [0.3, 0.4) is 0 Å². The van der Waals surface area contributed by atoms with E-state index in [9.17, 15) is 9.59 Å². The van der Waals surface area contributed by atoms with E-state index in [4.69, 9.17) is 26.3 Å². The van der Waals surface area contributed by atoms with Crippen LogP contribution < -0.4 is 10.3 Å². The highest BCUT2D eigenvalue weighted by Gasteiger charge is 2.14. The summed E-state index contributed by atoms with van der Waals surface area (Å²) in [6, 6.07) is 8.69. The molecule has 8 heteroatoms. The third-order valence-corrected chi connectivity index (χ3v) is 3.14. The zero-order chi connectivity index (χ0) is 16.8. The Morgan fingerprint density at radius 1 is 1.39 bits per heavy atom. The Morgan fingerprint density at radius 2 is 2.17 bits per heavy atom. The molecule has 1 heterocycles. The normalized spacial score (nSPS) is 10.1. The predicted octanol–water partition coefficient (Wildman–Crippen LogP) is 1.63. The van der Waals surface area contributed by atoms with Gasteiger partial charge < -0.3 is 9.47 Å². The molecule has 0 saturated carbocycles. The second kappa shape index (κ2) is 7.54. The number of nitrogens with zero attached hydrogens (tertiary/aromatic N) is 3. The average Bonchev–Trinajstić information content (AvgIpc) is 2.55. The standard InChI is InChI=1S/C15H12ClN3O4/c1-22-7-6-19-14(20)5-3-12(18-19)15(21)23-13-4-2-10(9-17)8-11(13)16/h2-5,8H,6-7H2,1H3. The molecule has 7 nitrogen and oxygen atoms in total. The number of benzene rings is 1. The van der Waals surface area contributed by atoms with E-state index in [1.54, 1.807) is 0 Å². The van der Waals surface area contributed by atoms with Gasteiger partial charge in [0.25, 0.3) is 5.56 Å². The van der Waals surface area contributed by atoms with Crippen LogP contribution >= 0.6 is 11.6 Å². The number of nitriles is 1. The first-order valence-electron chi connectivity index (χ1n) is 6.54. The Bertz CT molecular complexity index is 826. The maximum absolute atomic E-state index is 12.1. The second-order valence-corrected chi connectivity index (χ2v) is 4.83. The Morgan fingerprint density at radius 3 is 2.83 bits per heavy atom. The van der Waals surface area contributed by atoms with Gasteiger partial charge in [0.15, 0.2) is 5.69 Å². The highest BCUT2D eigenvalue weighted by atomic mass is 35.5. The van der Waals surface area contributed by atoms with Crippen LogP contribution in [-0.4, -0.2) is 29.5 Å². The predicted molar refractivity (Wildman–Crippen MR) is 81.5 cm³/mol. The molecule has 0 fully saturated rings. The average molecular weight is 334 g/mol. The number of hydrogen-bond donors (Lipinski definition) is 0. The zero-order valence-corrected chi connectivity index (χ0v) is 12.9. The third kappa shape index (κ3) is 4.16. The highest BCUT2D eigenvalue weighted by Crippen LogP contribution is 2.25. The van der Waals surface area contributed by atoms with Gasteiger partial charge in [0.2, 0.25) is 0 Å². The molecule has 0 atom stereocenters. The van der Waals surface area contributed by atoms with Crippen molar-refractivity contribution in [2.24, 2.45) is 0 Å². The first-order chi connectivity index (χ1) is 11.0. The fourth-order valence-corrected chi connectivity index (χ4v) is 1.92. The lowest BCUT2D eigenvalue weighted by Crippen LogP contribution is -2.27. The van der Waals surface area contributed by atoms with Gasteiger partial charge in [-0.3, -0.25) is 4.79 Å². The number of carbonyl (C=O) groups excluding carboxylic acids is 1. The zero-order valence-electron chi connectivity index (χ0n) is 12.2. The molecule has 1 aromatic carbocycles. The van der Waals surface area contributed by atoms with Crippen LogP contribution in [0.1, 0.15) is 16.1 Å². The van der Waals surface area contributed by atoms with Crippen molar-refractivity contribution in [2.45, 2.75) is 6.54 Å². The minimum absolute atomic E-state index is 0.0406. The highest BCUT2D eigenvalue weighted by molar-refractivity contribution is 6.32. The molecule has 0 aliphatic carbocycles. The Hall–Kier alpha value is -2.69. The largest absolute Gasteiger partial charge is 0.420 e. The van der Waals surface area contributed by atoms with E-state index in [2.05, 4.69) is 5.10 Å². The summed E-state index contributed by atoms with van der Waals surface area (Å²) in [7, 11) is 1.50. The van der Waals surface area contributed by atoms with Gasteiger partial charge in [0.05, 0.1) is 29.8 Å². The van der Waals surface area contributed by atoms with E-state index >= 15 is 0 Å². The van der Waals surface area contributed by atoms with Crippen molar-refractivity contribution in [1.29, 1.82) is 5.26 Å². The lowest BCUT2D eigenvalue weighted by atomic mass is 10.2. The Balaban J connectivity index is 2.21. The molecule has 0 bridgehead atoms. The fraction of sp³-hybridized carbons (Fsp3) is 0.200. The summed E-state index contributed by atoms with van der Waals surface area (Å²) in [5, 5.41) is 12.8. The van der Waals surface area contributed by atoms with Crippen molar-refractivity contribution in [2.75, 3.05) is 13.7 Å². The molecule has 2 rings (SSSR count). The lowest BCUT2D eigenvalue weighted by Gasteiger charge is -2.08. The molecule has 0 amide bonds. The molecule has 2 aromatic rings. The first-order valence-corrected chi connectivity index (χ1v) is 6.92. The third-order valence-electron chi connectivity index (χ3n) is 2.85. The topological polar surface area (TPSA) is 94.2 Å². The summed E-state index contributed by atoms with van der Waals surface area (Å²) in [6.45, 7) is 0.501. The molecule has 0 unspecified atom stereocenters. The fourth-order valence-electron chi connectivity index (χ4n) is 1.70. The van der Waals surface area contributed by atoms with Crippen LogP contribution in [0.4, 0.5) is 0 Å². The van der Waals surface area contributed by atoms with Crippen LogP contribution in [0, 0.1) is 11.3 Å². The first kappa shape index (κ1) is 16.7. The SMILES string of the molecule is COCCn1nc(C(=O)Oc2ccc(C#N)cc2Cl)ccc1=O.